The molecular weight excluding hydrogens is 356 g/mol. The lowest BCUT2D eigenvalue weighted by atomic mass is 9.49. The van der Waals surface area contributed by atoms with Gasteiger partial charge in [0.05, 0.1) is 11.6 Å². The molecule has 4 nitrogen and oxygen atoms in total. The molecular formula is C18H21BrN2O2. The molecule has 5 rings (SSSR count). The number of hydrogen-bond acceptors (Lipinski definition) is 3. The molecule has 122 valence electrons. The largest absolute Gasteiger partial charge is 0.507 e. The fourth-order valence-corrected chi connectivity index (χ4v) is 5.68. The van der Waals surface area contributed by atoms with Crippen molar-refractivity contribution in [2.24, 2.45) is 28.3 Å². The van der Waals surface area contributed by atoms with Crippen LogP contribution in [0, 0.1) is 23.2 Å². The van der Waals surface area contributed by atoms with Crippen molar-refractivity contribution in [2.75, 3.05) is 0 Å². The zero-order chi connectivity index (χ0) is 16.0. The zero-order valence-electron chi connectivity index (χ0n) is 13.0. The summed E-state index contributed by atoms with van der Waals surface area (Å²) in [6.07, 6.45) is 8.57. The van der Waals surface area contributed by atoms with E-state index in [-0.39, 0.29) is 17.1 Å². The number of amides is 1. The van der Waals surface area contributed by atoms with Gasteiger partial charge in [0.15, 0.2) is 0 Å². The third-order valence-electron chi connectivity index (χ3n) is 5.88. The van der Waals surface area contributed by atoms with Crippen molar-refractivity contribution in [2.45, 2.75) is 38.5 Å². The van der Waals surface area contributed by atoms with Gasteiger partial charge in [-0.2, -0.15) is 5.10 Å². The molecule has 1 aromatic rings. The quantitative estimate of drug-likeness (QED) is 0.622. The third kappa shape index (κ3) is 2.80. The molecule has 0 aromatic heterocycles. The molecule has 0 heterocycles. The SMILES string of the molecule is O=C(NN=Cc1cc(Br)ccc1O)C12CC3CC(CC(C3)C1)C2. The predicted octanol–water partition coefficient (Wildman–Crippen LogP) is 3.82. The topological polar surface area (TPSA) is 61.7 Å². The van der Waals surface area contributed by atoms with Crippen molar-refractivity contribution in [1.82, 2.24) is 5.43 Å². The number of hydrazone groups is 1. The normalized spacial score (nSPS) is 34.9. The van der Waals surface area contributed by atoms with Crippen LogP contribution in [0.15, 0.2) is 27.8 Å². The van der Waals surface area contributed by atoms with Crippen molar-refractivity contribution in [3.8, 4) is 5.75 Å². The van der Waals surface area contributed by atoms with E-state index in [2.05, 4.69) is 26.5 Å². The summed E-state index contributed by atoms with van der Waals surface area (Å²) in [7, 11) is 0. The molecule has 2 N–H and O–H groups in total. The summed E-state index contributed by atoms with van der Waals surface area (Å²) in [5, 5.41) is 13.9. The van der Waals surface area contributed by atoms with Crippen LogP contribution < -0.4 is 5.43 Å². The predicted molar refractivity (Wildman–Crippen MR) is 92.1 cm³/mol. The van der Waals surface area contributed by atoms with Crippen LogP contribution in [0.3, 0.4) is 0 Å². The van der Waals surface area contributed by atoms with Crippen molar-refractivity contribution in [3.63, 3.8) is 0 Å². The highest BCUT2D eigenvalue weighted by Gasteiger charge is 2.54. The number of aromatic hydroxyl groups is 1. The van der Waals surface area contributed by atoms with Gasteiger partial charge in [0, 0.05) is 10.0 Å². The molecule has 0 spiro atoms. The minimum absolute atomic E-state index is 0.0716. The van der Waals surface area contributed by atoms with Crippen LogP contribution in [0.25, 0.3) is 0 Å². The lowest BCUT2D eigenvalue weighted by Crippen LogP contribution is -2.52. The van der Waals surface area contributed by atoms with Gasteiger partial charge < -0.3 is 5.11 Å². The summed E-state index contributed by atoms with van der Waals surface area (Å²) in [5.74, 6) is 2.45. The van der Waals surface area contributed by atoms with E-state index in [1.807, 2.05) is 0 Å². The Morgan fingerprint density at radius 1 is 1.22 bits per heavy atom. The summed E-state index contributed by atoms with van der Waals surface area (Å²) in [6, 6.07) is 5.14. The Balaban J connectivity index is 1.46. The molecule has 4 aliphatic rings. The van der Waals surface area contributed by atoms with E-state index >= 15 is 0 Å². The van der Waals surface area contributed by atoms with Crippen molar-refractivity contribution < 1.29 is 9.90 Å². The summed E-state index contributed by atoms with van der Waals surface area (Å²) in [6.45, 7) is 0. The standard InChI is InChI=1S/C18H21BrN2O2/c19-15-1-2-16(22)14(6-15)10-20-21-17(23)18-7-11-3-12(8-18)5-13(4-11)9-18/h1-2,6,10-13,22H,3-5,7-9H2,(H,21,23). The zero-order valence-corrected chi connectivity index (χ0v) is 14.6. The molecule has 0 aliphatic heterocycles. The molecule has 4 aliphatic carbocycles. The van der Waals surface area contributed by atoms with Gasteiger partial charge in [0.2, 0.25) is 5.91 Å². The maximum absolute atomic E-state index is 12.7. The van der Waals surface area contributed by atoms with Gasteiger partial charge in [-0.25, -0.2) is 5.43 Å². The number of benzene rings is 1. The first-order valence-electron chi connectivity index (χ1n) is 8.36. The van der Waals surface area contributed by atoms with Crippen LogP contribution in [0.1, 0.15) is 44.1 Å². The maximum Gasteiger partial charge on any atom is 0.246 e. The van der Waals surface area contributed by atoms with Gasteiger partial charge >= 0.3 is 0 Å². The van der Waals surface area contributed by atoms with Crippen LogP contribution in [-0.2, 0) is 4.79 Å². The second-order valence-corrected chi connectivity index (χ2v) is 8.52. The molecule has 0 saturated heterocycles. The second-order valence-electron chi connectivity index (χ2n) is 7.60. The minimum atomic E-state index is -0.189. The van der Waals surface area contributed by atoms with Gasteiger partial charge in [-0.15, -0.1) is 0 Å². The van der Waals surface area contributed by atoms with Gasteiger partial charge in [-0.3, -0.25) is 4.79 Å². The number of phenolic OH excluding ortho intramolecular Hbond substituents is 1. The number of hydrogen-bond donors (Lipinski definition) is 2. The van der Waals surface area contributed by atoms with Crippen LogP contribution in [0.4, 0.5) is 0 Å². The van der Waals surface area contributed by atoms with Crippen molar-refractivity contribution in [3.05, 3.63) is 28.2 Å². The molecule has 0 radical (unpaired) electrons. The molecule has 4 fully saturated rings. The number of rotatable bonds is 3. The number of halogens is 1. The summed E-state index contributed by atoms with van der Waals surface area (Å²) in [5.41, 5.74) is 3.14. The van der Waals surface area contributed by atoms with Crippen LogP contribution in [0.2, 0.25) is 0 Å². The highest BCUT2D eigenvalue weighted by Crippen LogP contribution is 2.60. The Morgan fingerprint density at radius 3 is 2.43 bits per heavy atom. The average molecular weight is 377 g/mol. The summed E-state index contributed by atoms with van der Waals surface area (Å²) < 4.78 is 0.865. The molecule has 4 saturated carbocycles. The van der Waals surface area contributed by atoms with Gasteiger partial charge in [0.25, 0.3) is 0 Å². The van der Waals surface area contributed by atoms with E-state index in [1.54, 1.807) is 18.2 Å². The Morgan fingerprint density at radius 2 is 1.83 bits per heavy atom. The highest BCUT2D eigenvalue weighted by molar-refractivity contribution is 9.10. The first-order valence-corrected chi connectivity index (χ1v) is 9.15. The molecule has 0 atom stereocenters. The molecule has 4 bridgehead atoms. The van der Waals surface area contributed by atoms with Gasteiger partial charge in [-0.05, 0) is 74.5 Å². The molecule has 5 heteroatoms. The molecule has 0 unspecified atom stereocenters. The van der Waals surface area contributed by atoms with Gasteiger partial charge in [-0.1, -0.05) is 15.9 Å². The van der Waals surface area contributed by atoms with E-state index in [1.165, 1.54) is 25.5 Å². The minimum Gasteiger partial charge on any atom is -0.507 e. The number of carbonyl (C=O) groups excluding carboxylic acids is 1. The average Bonchev–Trinajstić information content (AvgIpc) is 2.49. The first-order chi connectivity index (χ1) is 11.0. The lowest BCUT2D eigenvalue weighted by molar-refractivity contribution is -0.146. The third-order valence-corrected chi connectivity index (χ3v) is 6.37. The number of phenols is 1. The molecule has 1 aromatic carbocycles. The second kappa shape index (κ2) is 5.62. The van der Waals surface area contributed by atoms with Crippen LogP contribution >= 0.6 is 15.9 Å². The van der Waals surface area contributed by atoms with E-state index in [9.17, 15) is 9.90 Å². The highest BCUT2D eigenvalue weighted by atomic mass is 79.9. The number of nitrogens with one attached hydrogen (secondary N) is 1. The monoisotopic (exact) mass is 376 g/mol. The summed E-state index contributed by atoms with van der Waals surface area (Å²) >= 11 is 3.36. The Hall–Kier alpha value is -1.36. The number of carbonyl (C=O) groups is 1. The number of nitrogens with zero attached hydrogens (tertiary/aromatic N) is 1. The van der Waals surface area contributed by atoms with E-state index in [0.717, 1.165) is 41.5 Å². The van der Waals surface area contributed by atoms with Crippen molar-refractivity contribution >= 4 is 28.1 Å². The Kier molecular flexibility index (Phi) is 3.71. The van der Waals surface area contributed by atoms with E-state index in [0.29, 0.717) is 5.56 Å². The molecule has 23 heavy (non-hydrogen) atoms. The van der Waals surface area contributed by atoms with Crippen molar-refractivity contribution in [1.29, 1.82) is 0 Å². The lowest BCUT2D eigenvalue weighted by Gasteiger charge is -2.55. The van der Waals surface area contributed by atoms with E-state index < -0.39 is 0 Å². The van der Waals surface area contributed by atoms with Gasteiger partial charge in [0.1, 0.15) is 5.75 Å². The fourth-order valence-electron chi connectivity index (χ4n) is 5.30. The smallest absolute Gasteiger partial charge is 0.246 e. The van der Waals surface area contributed by atoms with E-state index in [4.69, 9.17) is 0 Å². The Labute approximate surface area is 144 Å². The van der Waals surface area contributed by atoms with Crippen LogP contribution in [0.5, 0.6) is 5.75 Å². The van der Waals surface area contributed by atoms with Crippen LogP contribution in [-0.4, -0.2) is 17.2 Å². The molecule has 1 amide bonds. The Bertz CT molecular complexity index is 636. The maximum atomic E-state index is 12.7. The fraction of sp³-hybridized carbons (Fsp3) is 0.556. The first kappa shape index (κ1) is 15.2. The summed E-state index contributed by atoms with van der Waals surface area (Å²) in [4.78, 5) is 12.7.